The van der Waals surface area contributed by atoms with E-state index >= 15 is 0 Å². The number of esters is 1. The van der Waals surface area contributed by atoms with Gasteiger partial charge in [0, 0.05) is 32.4 Å². The molecule has 0 saturated carbocycles. The molecule has 0 aromatic carbocycles. The molecular formula is C18H22N4O5. The molecule has 0 radical (unpaired) electrons. The molecular weight excluding hydrogens is 352 g/mol. The SMILES string of the molecule is COC(=O)CN1C(=O)C2CC(O)CN2C2(CN(Cc3ccccn3)C2)C1=O. The number of aliphatic hydroxyl groups excluding tert-OH is 1. The molecule has 0 bridgehead atoms. The minimum absolute atomic E-state index is 0.270. The molecule has 3 saturated heterocycles. The molecule has 2 atom stereocenters. The van der Waals surface area contributed by atoms with E-state index in [0.717, 1.165) is 10.6 Å². The maximum Gasteiger partial charge on any atom is 0.325 e. The Morgan fingerprint density at radius 2 is 2.15 bits per heavy atom. The largest absolute Gasteiger partial charge is 0.468 e. The van der Waals surface area contributed by atoms with E-state index < -0.39 is 36.1 Å². The molecule has 3 aliphatic heterocycles. The van der Waals surface area contributed by atoms with Gasteiger partial charge in [0.1, 0.15) is 12.1 Å². The summed E-state index contributed by atoms with van der Waals surface area (Å²) in [4.78, 5) is 46.8. The van der Waals surface area contributed by atoms with Gasteiger partial charge in [0.25, 0.3) is 5.91 Å². The Morgan fingerprint density at radius 1 is 1.37 bits per heavy atom. The number of β-amino-alcohol motifs (C(OH)–C–C–N with tert-alkyl or cyclic N) is 1. The number of fused-ring (bicyclic) bond motifs is 2. The van der Waals surface area contributed by atoms with E-state index in [1.54, 1.807) is 6.20 Å². The van der Waals surface area contributed by atoms with Crippen molar-refractivity contribution in [2.75, 3.05) is 33.3 Å². The third kappa shape index (κ3) is 2.91. The minimum atomic E-state index is -0.890. The van der Waals surface area contributed by atoms with Gasteiger partial charge in [0.2, 0.25) is 5.91 Å². The van der Waals surface area contributed by atoms with Crippen LogP contribution in [0.25, 0.3) is 0 Å². The molecule has 1 aromatic heterocycles. The Bertz CT molecular complexity index is 764. The van der Waals surface area contributed by atoms with Gasteiger partial charge in [-0.1, -0.05) is 6.07 Å². The molecule has 3 aliphatic rings. The van der Waals surface area contributed by atoms with Gasteiger partial charge < -0.3 is 9.84 Å². The van der Waals surface area contributed by atoms with Crippen LogP contribution in [0.2, 0.25) is 0 Å². The number of hydrogen-bond donors (Lipinski definition) is 1. The summed E-state index contributed by atoms with van der Waals surface area (Å²) in [6.07, 6.45) is 1.33. The monoisotopic (exact) mass is 374 g/mol. The molecule has 27 heavy (non-hydrogen) atoms. The maximum atomic E-state index is 13.2. The van der Waals surface area contributed by atoms with Crippen molar-refractivity contribution in [2.45, 2.75) is 30.7 Å². The number of piperazine rings is 1. The highest BCUT2D eigenvalue weighted by molar-refractivity contribution is 6.07. The van der Waals surface area contributed by atoms with E-state index in [0.29, 0.717) is 19.6 Å². The number of imide groups is 1. The molecule has 2 amide bonds. The number of ether oxygens (including phenoxy) is 1. The third-order valence-corrected chi connectivity index (χ3v) is 5.62. The number of aromatic nitrogens is 1. The molecule has 4 rings (SSSR count). The van der Waals surface area contributed by atoms with Crippen molar-refractivity contribution in [2.24, 2.45) is 0 Å². The average molecular weight is 374 g/mol. The van der Waals surface area contributed by atoms with Crippen LogP contribution in [0.1, 0.15) is 12.1 Å². The molecule has 1 spiro atoms. The summed E-state index contributed by atoms with van der Waals surface area (Å²) in [5.41, 5.74) is 0.00915. The Hall–Kier alpha value is -2.36. The first-order valence-corrected chi connectivity index (χ1v) is 8.94. The Morgan fingerprint density at radius 3 is 2.81 bits per heavy atom. The Balaban J connectivity index is 1.56. The van der Waals surface area contributed by atoms with Crippen LogP contribution >= 0.6 is 0 Å². The van der Waals surface area contributed by atoms with Gasteiger partial charge in [0.15, 0.2) is 0 Å². The molecule has 0 aliphatic carbocycles. The summed E-state index contributed by atoms with van der Waals surface area (Å²) in [5, 5.41) is 10.1. The predicted octanol–water partition coefficient (Wildman–Crippen LogP) is -1.39. The van der Waals surface area contributed by atoms with Gasteiger partial charge in [0.05, 0.1) is 24.9 Å². The number of aliphatic hydroxyl groups is 1. The lowest BCUT2D eigenvalue weighted by atomic mass is 9.82. The predicted molar refractivity (Wildman–Crippen MR) is 92.1 cm³/mol. The minimum Gasteiger partial charge on any atom is -0.468 e. The van der Waals surface area contributed by atoms with Crippen molar-refractivity contribution in [1.29, 1.82) is 0 Å². The van der Waals surface area contributed by atoms with Crippen LogP contribution in [0.3, 0.4) is 0 Å². The lowest BCUT2D eigenvalue weighted by Gasteiger charge is -2.58. The van der Waals surface area contributed by atoms with Crippen LogP contribution < -0.4 is 0 Å². The number of carbonyl (C=O) groups is 3. The molecule has 9 heteroatoms. The van der Waals surface area contributed by atoms with E-state index in [4.69, 9.17) is 0 Å². The topological polar surface area (TPSA) is 103 Å². The zero-order valence-corrected chi connectivity index (χ0v) is 15.1. The smallest absolute Gasteiger partial charge is 0.325 e. The molecule has 9 nitrogen and oxygen atoms in total. The van der Waals surface area contributed by atoms with Crippen LogP contribution in [0.4, 0.5) is 0 Å². The lowest BCUT2D eigenvalue weighted by molar-refractivity contribution is -0.183. The Kier molecular flexibility index (Phi) is 4.45. The quantitative estimate of drug-likeness (QED) is 0.508. The molecule has 4 heterocycles. The van der Waals surface area contributed by atoms with Gasteiger partial charge in [-0.05, 0) is 18.6 Å². The number of methoxy groups -OCH3 is 1. The highest BCUT2D eigenvalue weighted by Gasteiger charge is 2.64. The molecule has 2 unspecified atom stereocenters. The number of amides is 2. The van der Waals surface area contributed by atoms with E-state index in [-0.39, 0.29) is 18.9 Å². The van der Waals surface area contributed by atoms with Crippen LogP contribution in [0.5, 0.6) is 0 Å². The van der Waals surface area contributed by atoms with Gasteiger partial charge in [-0.3, -0.25) is 34.1 Å². The van der Waals surface area contributed by atoms with Gasteiger partial charge in [-0.2, -0.15) is 0 Å². The van der Waals surface area contributed by atoms with Gasteiger partial charge in [-0.25, -0.2) is 0 Å². The molecule has 3 fully saturated rings. The lowest BCUT2D eigenvalue weighted by Crippen LogP contribution is -2.81. The van der Waals surface area contributed by atoms with Crippen molar-refractivity contribution >= 4 is 17.8 Å². The first kappa shape index (κ1) is 18.0. The number of nitrogens with zero attached hydrogens (tertiary/aromatic N) is 4. The van der Waals surface area contributed by atoms with Crippen LogP contribution in [0.15, 0.2) is 24.4 Å². The number of pyridine rings is 1. The van der Waals surface area contributed by atoms with Crippen LogP contribution in [-0.2, 0) is 25.7 Å². The van der Waals surface area contributed by atoms with E-state index in [9.17, 15) is 19.5 Å². The maximum absolute atomic E-state index is 13.2. The fraction of sp³-hybridized carbons (Fsp3) is 0.556. The van der Waals surface area contributed by atoms with Crippen molar-refractivity contribution < 1.29 is 24.2 Å². The van der Waals surface area contributed by atoms with Crippen molar-refractivity contribution in [3.8, 4) is 0 Å². The molecule has 1 aromatic rings. The average Bonchev–Trinajstić information content (AvgIpc) is 3.03. The summed E-state index contributed by atoms with van der Waals surface area (Å²) in [6.45, 7) is 1.34. The second kappa shape index (κ2) is 6.66. The second-order valence-electron chi connectivity index (χ2n) is 7.36. The molecule has 144 valence electrons. The summed E-state index contributed by atoms with van der Waals surface area (Å²) in [7, 11) is 1.22. The van der Waals surface area contributed by atoms with E-state index in [1.807, 2.05) is 23.1 Å². The third-order valence-electron chi connectivity index (χ3n) is 5.62. The van der Waals surface area contributed by atoms with Crippen LogP contribution in [0, 0.1) is 0 Å². The van der Waals surface area contributed by atoms with Crippen molar-refractivity contribution in [3.05, 3.63) is 30.1 Å². The zero-order chi connectivity index (χ0) is 19.2. The highest BCUT2D eigenvalue weighted by Crippen LogP contribution is 2.40. The van der Waals surface area contributed by atoms with E-state index in [2.05, 4.69) is 14.6 Å². The van der Waals surface area contributed by atoms with Gasteiger partial charge in [-0.15, -0.1) is 0 Å². The van der Waals surface area contributed by atoms with Crippen LogP contribution in [-0.4, -0.2) is 93.5 Å². The Labute approximate surface area is 156 Å². The summed E-state index contributed by atoms with van der Waals surface area (Å²) < 4.78 is 4.64. The van der Waals surface area contributed by atoms with Gasteiger partial charge >= 0.3 is 5.97 Å². The summed E-state index contributed by atoms with van der Waals surface area (Å²) >= 11 is 0. The van der Waals surface area contributed by atoms with Crippen molar-refractivity contribution in [1.82, 2.24) is 19.7 Å². The highest BCUT2D eigenvalue weighted by atomic mass is 16.5. The van der Waals surface area contributed by atoms with E-state index in [1.165, 1.54) is 7.11 Å². The van der Waals surface area contributed by atoms with Crippen molar-refractivity contribution in [3.63, 3.8) is 0 Å². The normalized spacial score (nSPS) is 27.6. The first-order chi connectivity index (χ1) is 12.9. The summed E-state index contributed by atoms with van der Waals surface area (Å²) in [6, 6.07) is 5.09. The summed E-state index contributed by atoms with van der Waals surface area (Å²) in [5.74, 6) is -1.46. The number of likely N-dealkylation sites (tertiary alicyclic amines) is 1. The number of rotatable bonds is 4. The second-order valence-corrected chi connectivity index (χ2v) is 7.36. The molecule has 1 N–H and O–H groups in total. The zero-order valence-electron chi connectivity index (χ0n) is 15.1. The number of carbonyl (C=O) groups excluding carboxylic acids is 3. The first-order valence-electron chi connectivity index (χ1n) is 8.94. The standard InChI is InChI=1S/C18H22N4O5/c1-27-15(24)9-21-16(25)14-6-13(23)8-22(14)18(17(21)26)10-20(11-18)7-12-4-2-3-5-19-12/h2-5,13-14,23H,6-11H2,1H3. The fourth-order valence-electron chi connectivity index (χ4n) is 4.36. The fourth-order valence-corrected chi connectivity index (χ4v) is 4.36. The number of hydrogen-bond acceptors (Lipinski definition) is 8.